The number of hydrogen-bond acceptors (Lipinski definition) is 6. The molecule has 2 heterocycles. The number of carbonyl (C=O) groups excluding carboxylic acids is 2. The largest absolute Gasteiger partial charge is 0.493 e. The van der Waals surface area contributed by atoms with Gasteiger partial charge in [-0.3, -0.25) is 19.5 Å². The van der Waals surface area contributed by atoms with Crippen molar-refractivity contribution in [3.05, 3.63) is 78.9 Å². The molecule has 0 fully saturated rings. The Kier molecular flexibility index (Phi) is 7.92. The van der Waals surface area contributed by atoms with E-state index in [0.717, 1.165) is 5.56 Å². The highest BCUT2D eigenvalue weighted by molar-refractivity contribution is 5.94. The van der Waals surface area contributed by atoms with E-state index in [9.17, 15) is 9.59 Å². The van der Waals surface area contributed by atoms with E-state index in [2.05, 4.69) is 5.32 Å². The lowest BCUT2D eigenvalue weighted by Crippen LogP contribution is -2.39. The maximum absolute atomic E-state index is 13.2. The zero-order chi connectivity index (χ0) is 26.4. The summed E-state index contributed by atoms with van der Waals surface area (Å²) < 4.78 is 18.0. The molecular formula is C28H30N4O5. The standard InChI is InChI=1S/C28H30N4O5/c1-19(2)27(34)31(16-22-11-8-14-37-22)18-26(33)30-28-29-23(20-9-6-5-7-10-20)17-32(28)21-12-13-24(35-3)25(15-21)36-4/h5-15,17,19H,16,18H2,1-4H3,(H,29,30,33). The smallest absolute Gasteiger partial charge is 0.246 e. The van der Waals surface area contributed by atoms with Gasteiger partial charge < -0.3 is 18.8 Å². The number of imidazole rings is 1. The molecule has 9 nitrogen and oxygen atoms in total. The van der Waals surface area contributed by atoms with Crippen molar-refractivity contribution < 1.29 is 23.5 Å². The van der Waals surface area contributed by atoms with Crippen molar-refractivity contribution in [1.82, 2.24) is 14.5 Å². The van der Waals surface area contributed by atoms with Gasteiger partial charge in [0.1, 0.15) is 12.3 Å². The summed E-state index contributed by atoms with van der Waals surface area (Å²) in [5.74, 6) is 1.22. The lowest BCUT2D eigenvalue weighted by molar-refractivity contribution is -0.138. The van der Waals surface area contributed by atoms with Crippen LogP contribution >= 0.6 is 0 Å². The maximum Gasteiger partial charge on any atom is 0.246 e. The van der Waals surface area contributed by atoms with Gasteiger partial charge in [0.25, 0.3) is 0 Å². The lowest BCUT2D eigenvalue weighted by Gasteiger charge is -2.23. The minimum Gasteiger partial charge on any atom is -0.493 e. The van der Waals surface area contributed by atoms with Gasteiger partial charge in [-0.1, -0.05) is 44.2 Å². The van der Waals surface area contributed by atoms with E-state index < -0.39 is 0 Å². The van der Waals surface area contributed by atoms with Gasteiger partial charge in [0.05, 0.1) is 38.4 Å². The van der Waals surface area contributed by atoms with Crippen LogP contribution < -0.4 is 14.8 Å². The molecule has 4 rings (SSSR count). The first-order valence-electron chi connectivity index (χ1n) is 11.9. The Morgan fingerprint density at radius 1 is 1.03 bits per heavy atom. The summed E-state index contributed by atoms with van der Waals surface area (Å²) in [6.07, 6.45) is 3.38. The fourth-order valence-electron chi connectivity index (χ4n) is 3.89. The quantitative estimate of drug-likeness (QED) is 0.335. The summed E-state index contributed by atoms with van der Waals surface area (Å²) >= 11 is 0. The van der Waals surface area contributed by atoms with Crippen molar-refractivity contribution in [3.8, 4) is 28.4 Å². The van der Waals surface area contributed by atoms with E-state index >= 15 is 0 Å². The molecule has 0 radical (unpaired) electrons. The summed E-state index contributed by atoms with van der Waals surface area (Å²) in [4.78, 5) is 32.2. The minimum atomic E-state index is -0.382. The summed E-state index contributed by atoms with van der Waals surface area (Å²) in [6, 6.07) is 18.6. The van der Waals surface area contributed by atoms with E-state index in [-0.39, 0.29) is 30.8 Å². The van der Waals surface area contributed by atoms with Gasteiger partial charge in [-0.25, -0.2) is 4.98 Å². The third-order valence-corrected chi connectivity index (χ3v) is 5.74. The van der Waals surface area contributed by atoms with E-state index in [1.165, 1.54) is 4.90 Å². The molecule has 2 amide bonds. The van der Waals surface area contributed by atoms with Crippen LogP contribution in [0.5, 0.6) is 11.5 Å². The average Bonchev–Trinajstić information content (AvgIpc) is 3.58. The van der Waals surface area contributed by atoms with Crippen LogP contribution in [0.4, 0.5) is 5.95 Å². The summed E-state index contributed by atoms with van der Waals surface area (Å²) in [6.45, 7) is 3.63. The molecule has 2 aromatic heterocycles. The first kappa shape index (κ1) is 25.6. The molecule has 0 bridgehead atoms. The molecule has 0 spiro atoms. The molecule has 2 aromatic carbocycles. The second-order valence-electron chi connectivity index (χ2n) is 8.70. The maximum atomic E-state index is 13.2. The topological polar surface area (TPSA) is 98.8 Å². The number of benzene rings is 2. The molecule has 0 aliphatic rings. The number of ether oxygens (including phenoxy) is 2. The SMILES string of the molecule is COc1ccc(-n2cc(-c3ccccc3)nc2NC(=O)CN(Cc2ccco2)C(=O)C(C)C)cc1OC. The highest BCUT2D eigenvalue weighted by atomic mass is 16.5. The lowest BCUT2D eigenvalue weighted by atomic mass is 10.2. The molecule has 9 heteroatoms. The molecule has 0 aliphatic carbocycles. The van der Waals surface area contributed by atoms with Crippen LogP contribution in [0.3, 0.4) is 0 Å². The predicted octanol–water partition coefficient (Wildman–Crippen LogP) is 4.77. The Hall–Kier alpha value is -4.53. The molecule has 0 unspecified atom stereocenters. The number of amides is 2. The van der Waals surface area contributed by atoms with Crippen LogP contribution in [0.15, 0.2) is 77.5 Å². The third kappa shape index (κ3) is 6.00. The van der Waals surface area contributed by atoms with Crippen LogP contribution in [0.25, 0.3) is 16.9 Å². The number of hydrogen-bond donors (Lipinski definition) is 1. The van der Waals surface area contributed by atoms with Crippen molar-refractivity contribution in [2.75, 3.05) is 26.1 Å². The fourth-order valence-corrected chi connectivity index (χ4v) is 3.89. The van der Waals surface area contributed by atoms with Gasteiger partial charge in [0, 0.05) is 23.7 Å². The first-order chi connectivity index (χ1) is 17.9. The second-order valence-corrected chi connectivity index (χ2v) is 8.70. The van der Waals surface area contributed by atoms with Crippen molar-refractivity contribution in [2.24, 2.45) is 5.92 Å². The van der Waals surface area contributed by atoms with E-state index in [0.29, 0.717) is 34.6 Å². The van der Waals surface area contributed by atoms with Gasteiger partial charge in [0.2, 0.25) is 17.8 Å². The molecule has 0 saturated carbocycles. The summed E-state index contributed by atoms with van der Waals surface area (Å²) in [7, 11) is 3.13. The van der Waals surface area contributed by atoms with Gasteiger partial charge in [-0.15, -0.1) is 0 Å². The van der Waals surface area contributed by atoms with E-state index in [1.807, 2.05) is 42.6 Å². The Morgan fingerprint density at radius 2 is 1.78 bits per heavy atom. The highest BCUT2D eigenvalue weighted by Crippen LogP contribution is 2.31. The number of nitrogens with one attached hydrogen (secondary N) is 1. The van der Waals surface area contributed by atoms with Crippen LogP contribution in [0.1, 0.15) is 19.6 Å². The highest BCUT2D eigenvalue weighted by Gasteiger charge is 2.23. The molecule has 192 valence electrons. The van der Waals surface area contributed by atoms with Crippen LogP contribution in [0.2, 0.25) is 0 Å². The fraction of sp³-hybridized carbons (Fsp3) is 0.250. The minimum absolute atomic E-state index is 0.153. The molecule has 1 N–H and O–H groups in total. The van der Waals surface area contributed by atoms with Crippen molar-refractivity contribution in [3.63, 3.8) is 0 Å². The number of rotatable bonds is 10. The van der Waals surface area contributed by atoms with Crippen LogP contribution in [0, 0.1) is 5.92 Å². The second kappa shape index (κ2) is 11.5. The Balaban J connectivity index is 1.65. The zero-order valence-corrected chi connectivity index (χ0v) is 21.3. The molecule has 37 heavy (non-hydrogen) atoms. The monoisotopic (exact) mass is 502 g/mol. The summed E-state index contributed by atoms with van der Waals surface area (Å²) in [5.41, 5.74) is 2.29. The molecule has 4 aromatic rings. The van der Waals surface area contributed by atoms with Gasteiger partial charge >= 0.3 is 0 Å². The molecule has 0 aliphatic heterocycles. The van der Waals surface area contributed by atoms with Gasteiger partial charge in [-0.05, 0) is 24.3 Å². The molecule has 0 atom stereocenters. The van der Waals surface area contributed by atoms with Crippen LogP contribution in [-0.4, -0.2) is 47.0 Å². The number of aromatic nitrogens is 2. The zero-order valence-electron chi connectivity index (χ0n) is 21.3. The Labute approximate surface area is 215 Å². The van der Waals surface area contributed by atoms with E-state index in [1.54, 1.807) is 63.2 Å². The Morgan fingerprint density at radius 3 is 2.43 bits per heavy atom. The number of methoxy groups -OCH3 is 2. The number of furan rings is 1. The van der Waals surface area contributed by atoms with Gasteiger partial charge in [-0.2, -0.15) is 0 Å². The number of carbonyl (C=O) groups is 2. The van der Waals surface area contributed by atoms with Crippen LogP contribution in [-0.2, 0) is 16.1 Å². The van der Waals surface area contributed by atoms with E-state index in [4.69, 9.17) is 18.9 Å². The number of nitrogens with zero attached hydrogens (tertiary/aromatic N) is 3. The third-order valence-electron chi connectivity index (χ3n) is 5.74. The van der Waals surface area contributed by atoms with Crippen molar-refractivity contribution in [2.45, 2.75) is 20.4 Å². The predicted molar refractivity (Wildman–Crippen MR) is 140 cm³/mol. The summed E-state index contributed by atoms with van der Waals surface area (Å²) in [5, 5.41) is 2.89. The molecular weight excluding hydrogens is 472 g/mol. The normalized spacial score (nSPS) is 10.8. The molecule has 0 saturated heterocycles. The van der Waals surface area contributed by atoms with Crippen molar-refractivity contribution >= 4 is 17.8 Å². The first-order valence-corrected chi connectivity index (χ1v) is 11.9. The average molecular weight is 503 g/mol. The Bertz CT molecular complexity index is 1350. The van der Waals surface area contributed by atoms with Crippen molar-refractivity contribution in [1.29, 1.82) is 0 Å². The van der Waals surface area contributed by atoms with Gasteiger partial charge in [0.15, 0.2) is 11.5 Å². The number of anilines is 1.